The number of halogens is 1. The molecule has 1 aromatic carbocycles. The van der Waals surface area contributed by atoms with Gasteiger partial charge in [-0.15, -0.1) is 0 Å². The van der Waals surface area contributed by atoms with E-state index in [1.165, 1.54) is 6.07 Å². The van der Waals surface area contributed by atoms with E-state index < -0.39 is 6.10 Å². The molecule has 0 aromatic heterocycles. The Morgan fingerprint density at radius 1 is 1.42 bits per heavy atom. The molecule has 1 unspecified atom stereocenters. The normalized spacial score (nSPS) is 12.0. The van der Waals surface area contributed by atoms with E-state index in [1.54, 1.807) is 26.0 Å². The molecular weight excluding hydrogens is 245 g/mol. The molecule has 1 amide bonds. The summed E-state index contributed by atoms with van der Waals surface area (Å²) in [7, 11) is 0. The van der Waals surface area contributed by atoms with Crippen LogP contribution in [0, 0.1) is 12.7 Å². The van der Waals surface area contributed by atoms with Gasteiger partial charge < -0.3 is 10.1 Å². The number of nitrogens with one attached hydrogen (secondary N) is 1. The van der Waals surface area contributed by atoms with Crippen molar-refractivity contribution in [3.63, 3.8) is 0 Å². The van der Waals surface area contributed by atoms with Crippen LogP contribution in [0.5, 0.6) is 5.75 Å². The fourth-order valence-corrected chi connectivity index (χ4v) is 1.63. The van der Waals surface area contributed by atoms with Crippen LogP contribution in [0.1, 0.15) is 38.7 Å². The summed E-state index contributed by atoms with van der Waals surface area (Å²) in [5.74, 6) is -0.121. The van der Waals surface area contributed by atoms with Gasteiger partial charge in [-0.2, -0.15) is 0 Å². The molecule has 3 nitrogen and oxygen atoms in total. The van der Waals surface area contributed by atoms with Gasteiger partial charge in [0.05, 0.1) is 0 Å². The molecular formula is C15H22FNO2. The predicted octanol–water partition coefficient (Wildman–Crippen LogP) is 3.21. The Labute approximate surface area is 114 Å². The molecule has 106 valence electrons. The number of carbonyl (C=O) groups is 1. The number of benzene rings is 1. The summed E-state index contributed by atoms with van der Waals surface area (Å²) in [6, 6.07) is 4.60. The highest BCUT2D eigenvalue weighted by molar-refractivity contribution is 5.80. The first-order valence-corrected chi connectivity index (χ1v) is 6.75. The van der Waals surface area contributed by atoms with Crippen molar-refractivity contribution in [2.24, 2.45) is 0 Å². The van der Waals surface area contributed by atoms with Crippen molar-refractivity contribution in [2.45, 2.75) is 46.1 Å². The first kappa shape index (κ1) is 15.5. The van der Waals surface area contributed by atoms with Crippen LogP contribution < -0.4 is 10.1 Å². The van der Waals surface area contributed by atoms with E-state index >= 15 is 0 Å². The van der Waals surface area contributed by atoms with Gasteiger partial charge >= 0.3 is 0 Å². The fraction of sp³-hybridized carbons (Fsp3) is 0.533. The molecule has 1 atom stereocenters. The molecule has 0 aliphatic heterocycles. The lowest BCUT2D eigenvalue weighted by Gasteiger charge is -2.15. The SMILES string of the molecule is CCCCCNC(=O)C(C)Oc1ccc(C)c(F)c1. The van der Waals surface area contributed by atoms with Crippen LogP contribution in [0.4, 0.5) is 4.39 Å². The third kappa shape index (κ3) is 5.28. The minimum Gasteiger partial charge on any atom is -0.481 e. The van der Waals surface area contributed by atoms with Gasteiger partial charge in [-0.05, 0) is 31.9 Å². The number of hydrogen-bond donors (Lipinski definition) is 1. The topological polar surface area (TPSA) is 38.3 Å². The molecule has 4 heteroatoms. The minimum absolute atomic E-state index is 0.169. The van der Waals surface area contributed by atoms with E-state index in [2.05, 4.69) is 12.2 Å². The third-order valence-corrected chi connectivity index (χ3v) is 2.90. The number of hydrogen-bond acceptors (Lipinski definition) is 2. The van der Waals surface area contributed by atoms with Gasteiger partial charge in [-0.3, -0.25) is 4.79 Å². The zero-order valence-corrected chi connectivity index (χ0v) is 11.8. The van der Waals surface area contributed by atoms with E-state index in [9.17, 15) is 9.18 Å². The summed E-state index contributed by atoms with van der Waals surface area (Å²) in [5.41, 5.74) is 0.559. The van der Waals surface area contributed by atoms with Crippen molar-refractivity contribution >= 4 is 5.91 Å². The molecule has 0 bridgehead atoms. The van der Waals surface area contributed by atoms with Crippen molar-refractivity contribution in [3.8, 4) is 5.75 Å². The average molecular weight is 267 g/mol. The third-order valence-electron chi connectivity index (χ3n) is 2.90. The van der Waals surface area contributed by atoms with Gasteiger partial charge in [0, 0.05) is 12.6 Å². The highest BCUT2D eigenvalue weighted by Gasteiger charge is 2.14. The second-order valence-electron chi connectivity index (χ2n) is 4.67. The van der Waals surface area contributed by atoms with Crippen LogP contribution in [0.2, 0.25) is 0 Å². The van der Waals surface area contributed by atoms with Crippen LogP contribution in [-0.4, -0.2) is 18.6 Å². The summed E-state index contributed by atoms with van der Waals surface area (Å²) in [6.45, 7) is 6.11. The van der Waals surface area contributed by atoms with Gasteiger partial charge in [-0.1, -0.05) is 25.8 Å². The van der Waals surface area contributed by atoms with Crippen LogP contribution in [0.3, 0.4) is 0 Å². The number of ether oxygens (including phenoxy) is 1. The summed E-state index contributed by atoms with van der Waals surface area (Å²) >= 11 is 0. The minimum atomic E-state index is -0.622. The van der Waals surface area contributed by atoms with Crippen molar-refractivity contribution in [3.05, 3.63) is 29.6 Å². The number of carbonyl (C=O) groups excluding carboxylic acids is 1. The maximum absolute atomic E-state index is 13.3. The monoisotopic (exact) mass is 267 g/mol. The molecule has 0 saturated carbocycles. The highest BCUT2D eigenvalue weighted by Crippen LogP contribution is 2.17. The first-order chi connectivity index (χ1) is 9.04. The zero-order chi connectivity index (χ0) is 14.3. The Morgan fingerprint density at radius 3 is 2.79 bits per heavy atom. The lowest BCUT2D eigenvalue weighted by Crippen LogP contribution is -2.36. The molecule has 0 spiro atoms. The summed E-state index contributed by atoms with van der Waals surface area (Å²) in [5, 5.41) is 2.81. The lowest BCUT2D eigenvalue weighted by atomic mass is 10.2. The van der Waals surface area contributed by atoms with Gasteiger partial charge in [-0.25, -0.2) is 4.39 Å². The fourth-order valence-electron chi connectivity index (χ4n) is 1.63. The Hall–Kier alpha value is -1.58. The largest absolute Gasteiger partial charge is 0.481 e. The quantitative estimate of drug-likeness (QED) is 0.770. The Bertz CT molecular complexity index is 421. The van der Waals surface area contributed by atoms with Crippen molar-refractivity contribution in [1.29, 1.82) is 0 Å². The molecule has 0 saturated heterocycles. The van der Waals surface area contributed by atoms with Crippen molar-refractivity contribution in [1.82, 2.24) is 5.32 Å². The second kappa shape index (κ2) is 7.77. The number of rotatable bonds is 7. The summed E-state index contributed by atoms with van der Waals surface area (Å²) < 4.78 is 18.8. The lowest BCUT2D eigenvalue weighted by molar-refractivity contribution is -0.127. The second-order valence-corrected chi connectivity index (χ2v) is 4.67. The molecule has 0 heterocycles. The van der Waals surface area contributed by atoms with Crippen LogP contribution in [-0.2, 0) is 4.79 Å². The molecule has 1 aromatic rings. The van der Waals surface area contributed by atoms with Crippen LogP contribution in [0.25, 0.3) is 0 Å². The summed E-state index contributed by atoms with van der Waals surface area (Å²) in [6.07, 6.45) is 2.56. The van der Waals surface area contributed by atoms with Gasteiger partial charge in [0.2, 0.25) is 0 Å². The van der Waals surface area contributed by atoms with Gasteiger partial charge in [0.25, 0.3) is 5.91 Å². The zero-order valence-electron chi connectivity index (χ0n) is 11.8. The smallest absolute Gasteiger partial charge is 0.260 e. The van der Waals surface area contributed by atoms with Crippen molar-refractivity contribution < 1.29 is 13.9 Å². The van der Waals surface area contributed by atoms with Crippen molar-refractivity contribution in [2.75, 3.05) is 6.54 Å². The van der Waals surface area contributed by atoms with E-state index in [0.29, 0.717) is 17.9 Å². The molecule has 0 radical (unpaired) electrons. The van der Waals surface area contributed by atoms with Gasteiger partial charge in [0.1, 0.15) is 11.6 Å². The van der Waals surface area contributed by atoms with E-state index in [1.807, 2.05) is 0 Å². The number of aryl methyl sites for hydroxylation is 1. The van der Waals surface area contributed by atoms with Crippen LogP contribution in [0.15, 0.2) is 18.2 Å². The summed E-state index contributed by atoms with van der Waals surface area (Å²) in [4.78, 5) is 11.7. The molecule has 0 fully saturated rings. The van der Waals surface area contributed by atoms with E-state index in [4.69, 9.17) is 4.74 Å². The van der Waals surface area contributed by atoms with Gasteiger partial charge in [0.15, 0.2) is 6.10 Å². The maximum Gasteiger partial charge on any atom is 0.260 e. The van der Waals surface area contributed by atoms with E-state index in [0.717, 1.165) is 19.3 Å². The predicted molar refractivity (Wildman–Crippen MR) is 73.8 cm³/mol. The molecule has 0 aliphatic rings. The Balaban J connectivity index is 2.42. The molecule has 19 heavy (non-hydrogen) atoms. The first-order valence-electron chi connectivity index (χ1n) is 6.75. The Morgan fingerprint density at radius 2 is 2.16 bits per heavy atom. The standard InChI is InChI=1S/C15H22FNO2/c1-4-5-6-9-17-15(18)12(3)19-13-8-7-11(2)14(16)10-13/h7-8,10,12H,4-6,9H2,1-3H3,(H,17,18). The average Bonchev–Trinajstić information content (AvgIpc) is 2.38. The van der Waals surface area contributed by atoms with E-state index in [-0.39, 0.29) is 11.7 Å². The maximum atomic E-state index is 13.3. The highest BCUT2D eigenvalue weighted by atomic mass is 19.1. The number of amides is 1. The Kier molecular flexibility index (Phi) is 6.33. The molecule has 1 N–H and O–H groups in total. The molecule has 0 aliphatic carbocycles. The molecule has 1 rings (SSSR count). The number of unbranched alkanes of at least 4 members (excludes halogenated alkanes) is 2. The van der Waals surface area contributed by atoms with Crippen LogP contribution >= 0.6 is 0 Å².